The number of hydrogen-bond donors (Lipinski definition) is 2. The molecule has 0 aromatic carbocycles. The molecular weight excluding hydrogens is 150 g/mol. The van der Waals surface area contributed by atoms with Crippen LogP contribution in [0.4, 0.5) is 0 Å². The summed E-state index contributed by atoms with van der Waals surface area (Å²) in [5.74, 6) is 0. The van der Waals surface area contributed by atoms with Gasteiger partial charge < -0.3 is 5.73 Å². The third-order valence-corrected chi connectivity index (χ3v) is 2.37. The minimum Gasteiger partial charge on any atom is -0.303 e. The first-order chi connectivity index (χ1) is 4.61. The molecule has 3 unspecified atom stereocenters. The van der Waals surface area contributed by atoms with Crippen molar-refractivity contribution >= 4 is 11.6 Å². The number of rotatable bonds is 0. The zero-order valence-electron chi connectivity index (χ0n) is 6.34. The van der Waals surface area contributed by atoms with Crippen molar-refractivity contribution in [2.45, 2.75) is 31.2 Å². The van der Waals surface area contributed by atoms with E-state index in [0.29, 0.717) is 6.04 Å². The summed E-state index contributed by atoms with van der Waals surface area (Å²) >= 11 is 5.96. The Hall–Kier alpha value is 0.170. The lowest BCUT2D eigenvalue weighted by molar-refractivity contribution is 0.122. The van der Waals surface area contributed by atoms with Gasteiger partial charge in [0.05, 0.1) is 5.50 Å². The van der Waals surface area contributed by atoms with Crippen LogP contribution in [0.5, 0.6) is 0 Å². The molecular formula is C6H14ClN3. The highest BCUT2D eigenvalue weighted by atomic mass is 35.5. The van der Waals surface area contributed by atoms with E-state index in [9.17, 15) is 0 Å². The normalized spacial score (nSPS) is 43.8. The fourth-order valence-corrected chi connectivity index (χ4v) is 1.50. The Morgan fingerprint density at radius 2 is 2.30 bits per heavy atom. The van der Waals surface area contributed by atoms with Crippen LogP contribution in [0.1, 0.15) is 13.3 Å². The third-order valence-electron chi connectivity index (χ3n) is 1.88. The molecule has 3 nitrogen and oxygen atoms in total. The molecule has 10 heavy (non-hydrogen) atoms. The predicted molar refractivity (Wildman–Crippen MR) is 42.6 cm³/mol. The molecule has 1 fully saturated rings. The van der Waals surface area contributed by atoms with E-state index in [0.717, 1.165) is 6.42 Å². The Morgan fingerprint density at radius 3 is 2.80 bits per heavy atom. The molecule has 60 valence electrons. The minimum atomic E-state index is -0.0914. The highest BCUT2D eigenvalue weighted by Gasteiger charge is 2.26. The Kier molecular flexibility index (Phi) is 2.52. The van der Waals surface area contributed by atoms with E-state index in [1.165, 1.54) is 0 Å². The molecule has 3 N–H and O–H groups in total. The second-order valence-corrected chi connectivity index (χ2v) is 3.35. The van der Waals surface area contributed by atoms with E-state index in [1.807, 2.05) is 11.9 Å². The lowest BCUT2D eigenvalue weighted by Gasteiger charge is -2.38. The van der Waals surface area contributed by atoms with Crippen molar-refractivity contribution in [1.82, 2.24) is 10.2 Å². The molecule has 0 amide bonds. The summed E-state index contributed by atoms with van der Waals surface area (Å²) in [5, 5.41) is 3.18. The molecule has 0 spiro atoms. The van der Waals surface area contributed by atoms with Crippen LogP contribution < -0.4 is 11.1 Å². The summed E-state index contributed by atoms with van der Waals surface area (Å²) in [6, 6.07) is 0.425. The van der Waals surface area contributed by atoms with Crippen LogP contribution in [0.2, 0.25) is 0 Å². The predicted octanol–water partition coefficient (Wildman–Crippen LogP) is 0.107. The van der Waals surface area contributed by atoms with E-state index >= 15 is 0 Å². The maximum absolute atomic E-state index is 5.96. The van der Waals surface area contributed by atoms with Crippen molar-refractivity contribution in [3.8, 4) is 0 Å². The van der Waals surface area contributed by atoms with Crippen molar-refractivity contribution in [2.24, 2.45) is 5.73 Å². The molecule has 1 aliphatic rings. The van der Waals surface area contributed by atoms with Crippen LogP contribution in [-0.4, -0.2) is 29.8 Å². The van der Waals surface area contributed by atoms with E-state index in [1.54, 1.807) is 0 Å². The maximum atomic E-state index is 5.96. The van der Waals surface area contributed by atoms with Crippen molar-refractivity contribution < 1.29 is 0 Å². The first kappa shape index (κ1) is 8.27. The highest BCUT2D eigenvalue weighted by molar-refractivity contribution is 6.20. The molecule has 0 radical (unpaired) electrons. The zero-order valence-corrected chi connectivity index (χ0v) is 7.10. The van der Waals surface area contributed by atoms with Gasteiger partial charge in [0, 0.05) is 6.04 Å². The van der Waals surface area contributed by atoms with Crippen molar-refractivity contribution in [2.75, 3.05) is 7.05 Å². The second kappa shape index (κ2) is 3.05. The fraction of sp³-hybridized carbons (Fsp3) is 1.00. The Morgan fingerprint density at radius 1 is 1.70 bits per heavy atom. The van der Waals surface area contributed by atoms with E-state index in [4.69, 9.17) is 17.3 Å². The number of hydrogen-bond acceptors (Lipinski definition) is 3. The van der Waals surface area contributed by atoms with Gasteiger partial charge >= 0.3 is 0 Å². The van der Waals surface area contributed by atoms with Crippen LogP contribution in [0.25, 0.3) is 0 Å². The van der Waals surface area contributed by atoms with Gasteiger partial charge in [0.25, 0.3) is 0 Å². The molecule has 0 saturated carbocycles. The summed E-state index contributed by atoms with van der Waals surface area (Å²) < 4.78 is 0. The summed E-state index contributed by atoms with van der Waals surface area (Å²) in [6.07, 6.45) is 0.859. The fourth-order valence-electron chi connectivity index (χ4n) is 1.11. The van der Waals surface area contributed by atoms with Crippen molar-refractivity contribution in [3.05, 3.63) is 0 Å². The second-order valence-electron chi connectivity index (χ2n) is 2.85. The molecule has 0 aromatic heterocycles. The average molecular weight is 164 g/mol. The molecule has 3 atom stereocenters. The summed E-state index contributed by atoms with van der Waals surface area (Å²) in [6.45, 7) is 2.09. The van der Waals surface area contributed by atoms with Gasteiger partial charge in [0.1, 0.15) is 6.29 Å². The summed E-state index contributed by atoms with van der Waals surface area (Å²) in [5.41, 5.74) is 5.76. The van der Waals surface area contributed by atoms with Gasteiger partial charge in [0.2, 0.25) is 0 Å². The Labute approximate surface area is 66.5 Å². The molecule has 0 bridgehead atoms. The maximum Gasteiger partial charge on any atom is 0.113 e. The number of halogens is 1. The molecule has 4 heteroatoms. The van der Waals surface area contributed by atoms with Crippen LogP contribution >= 0.6 is 11.6 Å². The van der Waals surface area contributed by atoms with Gasteiger partial charge in [-0.2, -0.15) is 0 Å². The van der Waals surface area contributed by atoms with Gasteiger partial charge in [-0.1, -0.05) is 0 Å². The molecule has 0 aromatic rings. The topological polar surface area (TPSA) is 41.3 Å². The van der Waals surface area contributed by atoms with E-state index in [2.05, 4.69) is 12.2 Å². The smallest absolute Gasteiger partial charge is 0.113 e. The Bertz CT molecular complexity index is 108. The SMILES string of the molecule is CC1CC(Cl)N(C)C(N)N1. The molecule has 1 rings (SSSR count). The number of nitrogens with zero attached hydrogens (tertiary/aromatic N) is 1. The Balaban J connectivity index is 2.49. The van der Waals surface area contributed by atoms with Crippen LogP contribution in [0.15, 0.2) is 0 Å². The number of alkyl halides is 1. The molecule has 1 heterocycles. The van der Waals surface area contributed by atoms with Gasteiger partial charge in [-0.05, 0) is 20.4 Å². The van der Waals surface area contributed by atoms with Gasteiger partial charge in [-0.3, -0.25) is 10.2 Å². The van der Waals surface area contributed by atoms with Crippen LogP contribution in [0.3, 0.4) is 0 Å². The lowest BCUT2D eigenvalue weighted by atomic mass is 10.2. The number of nitrogens with one attached hydrogen (secondary N) is 1. The van der Waals surface area contributed by atoms with Crippen molar-refractivity contribution in [3.63, 3.8) is 0 Å². The minimum absolute atomic E-state index is 0.0752. The summed E-state index contributed by atoms with van der Waals surface area (Å²) in [7, 11) is 1.92. The van der Waals surface area contributed by atoms with E-state index in [-0.39, 0.29) is 11.8 Å². The molecule has 1 saturated heterocycles. The van der Waals surface area contributed by atoms with Crippen LogP contribution in [0, 0.1) is 0 Å². The van der Waals surface area contributed by atoms with Gasteiger partial charge in [-0.25, -0.2) is 0 Å². The van der Waals surface area contributed by atoms with Crippen molar-refractivity contribution in [1.29, 1.82) is 0 Å². The monoisotopic (exact) mass is 163 g/mol. The first-order valence-corrected chi connectivity index (χ1v) is 3.92. The van der Waals surface area contributed by atoms with E-state index < -0.39 is 0 Å². The third kappa shape index (κ3) is 1.61. The highest BCUT2D eigenvalue weighted by Crippen LogP contribution is 2.15. The quantitative estimate of drug-likeness (QED) is 0.394. The zero-order chi connectivity index (χ0) is 7.72. The first-order valence-electron chi connectivity index (χ1n) is 3.49. The van der Waals surface area contributed by atoms with Gasteiger partial charge in [-0.15, -0.1) is 11.6 Å². The number of nitrogens with two attached hydrogens (primary N) is 1. The average Bonchev–Trinajstić information content (AvgIpc) is 1.82. The van der Waals surface area contributed by atoms with Gasteiger partial charge in [0.15, 0.2) is 0 Å². The molecule has 0 aliphatic carbocycles. The largest absolute Gasteiger partial charge is 0.303 e. The van der Waals surface area contributed by atoms with Crippen LogP contribution in [-0.2, 0) is 0 Å². The standard InChI is InChI=1S/C6H14ClN3/c1-4-3-5(7)10(2)6(8)9-4/h4-6,9H,3,8H2,1-2H3. The molecule has 1 aliphatic heterocycles. The lowest BCUT2D eigenvalue weighted by Crippen LogP contribution is -2.60. The summed E-state index contributed by atoms with van der Waals surface area (Å²) in [4.78, 5) is 1.92.